The van der Waals surface area contributed by atoms with Crippen molar-refractivity contribution in [1.82, 2.24) is 4.72 Å². The first-order chi connectivity index (χ1) is 10.8. The smallest absolute Gasteiger partial charge is 0.335 e. The molecule has 2 rings (SSSR count). The molecule has 0 amide bonds. The molecule has 0 spiro atoms. The average Bonchev–Trinajstić information content (AvgIpc) is 2.53. The van der Waals surface area contributed by atoms with Crippen LogP contribution in [0.25, 0.3) is 0 Å². The van der Waals surface area contributed by atoms with E-state index in [9.17, 15) is 13.2 Å². The fraction of sp³-hybridized carbons (Fsp3) is 0.188. The van der Waals surface area contributed by atoms with E-state index >= 15 is 0 Å². The van der Waals surface area contributed by atoms with Crippen LogP contribution >= 0.6 is 0 Å². The van der Waals surface area contributed by atoms with Crippen molar-refractivity contribution in [3.63, 3.8) is 0 Å². The second-order valence-electron chi connectivity index (χ2n) is 4.97. The Bertz CT molecular complexity index is 813. The first-order valence-electron chi connectivity index (χ1n) is 6.80. The van der Waals surface area contributed by atoms with Gasteiger partial charge in [-0.2, -0.15) is 0 Å². The molecule has 0 atom stereocenters. The number of carbonyl (C=O) groups is 1. The summed E-state index contributed by atoms with van der Waals surface area (Å²) in [5, 5.41) is 8.84. The number of hydrogen-bond donors (Lipinski definition) is 2. The number of rotatable bonds is 6. The standard InChI is InChI=1S/C16H17NO5S/c1-11-3-8-15(22-2)13(9-11)10-17-23(20,21)14-6-4-12(5-7-14)16(18)19/h3-9,17H,10H2,1-2H3,(H,18,19). The second-order valence-corrected chi connectivity index (χ2v) is 6.74. The van der Waals surface area contributed by atoms with E-state index in [1.165, 1.54) is 31.4 Å². The maximum absolute atomic E-state index is 12.3. The molecule has 0 aliphatic carbocycles. The van der Waals surface area contributed by atoms with E-state index in [0.717, 1.165) is 11.1 Å². The van der Waals surface area contributed by atoms with E-state index in [4.69, 9.17) is 9.84 Å². The first-order valence-corrected chi connectivity index (χ1v) is 8.28. The molecule has 0 aliphatic rings. The lowest BCUT2D eigenvalue weighted by Gasteiger charge is -2.11. The quantitative estimate of drug-likeness (QED) is 0.844. The lowest BCUT2D eigenvalue weighted by molar-refractivity contribution is 0.0696. The van der Waals surface area contributed by atoms with Crippen LogP contribution in [0.15, 0.2) is 47.4 Å². The Morgan fingerprint density at radius 3 is 2.39 bits per heavy atom. The molecule has 122 valence electrons. The van der Waals surface area contributed by atoms with Gasteiger partial charge in [0.25, 0.3) is 0 Å². The van der Waals surface area contributed by atoms with E-state index in [0.29, 0.717) is 5.75 Å². The Kier molecular flexibility index (Phi) is 5.02. The van der Waals surface area contributed by atoms with E-state index in [-0.39, 0.29) is 17.0 Å². The van der Waals surface area contributed by atoms with Crippen molar-refractivity contribution >= 4 is 16.0 Å². The van der Waals surface area contributed by atoms with Crippen molar-refractivity contribution in [1.29, 1.82) is 0 Å². The fourth-order valence-electron chi connectivity index (χ4n) is 2.08. The van der Waals surface area contributed by atoms with Crippen LogP contribution in [0, 0.1) is 6.92 Å². The highest BCUT2D eigenvalue weighted by atomic mass is 32.2. The number of ether oxygens (including phenoxy) is 1. The molecule has 0 bridgehead atoms. The van der Waals surface area contributed by atoms with Crippen molar-refractivity contribution in [3.8, 4) is 5.75 Å². The van der Waals surface area contributed by atoms with Crippen LogP contribution in [0.5, 0.6) is 5.75 Å². The number of aryl methyl sites for hydroxylation is 1. The summed E-state index contributed by atoms with van der Waals surface area (Å²) >= 11 is 0. The monoisotopic (exact) mass is 335 g/mol. The van der Waals surface area contributed by atoms with Crippen molar-refractivity contribution in [3.05, 3.63) is 59.2 Å². The number of aromatic carboxylic acids is 1. The summed E-state index contributed by atoms with van der Waals surface area (Å²) in [5.74, 6) is -0.508. The summed E-state index contributed by atoms with van der Waals surface area (Å²) in [7, 11) is -2.22. The molecule has 0 saturated carbocycles. The minimum atomic E-state index is -3.74. The molecule has 0 heterocycles. The zero-order valence-electron chi connectivity index (χ0n) is 12.7. The van der Waals surface area contributed by atoms with E-state index < -0.39 is 16.0 Å². The normalized spacial score (nSPS) is 11.2. The average molecular weight is 335 g/mol. The number of carboxylic acid groups (broad SMARTS) is 1. The summed E-state index contributed by atoms with van der Waals surface area (Å²) < 4.78 is 32.2. The number of benzene rings is 2. The number of carboxylic acids is 1. The molecule has 0 aliphatic heterocycles. The van der Waals surface area contributed by atoms with Gasteiger partial charge in [0.2, 0.25) is 10.0 Å². The second kappa shape index (κ2) is 6.80. The van der Waals surface area contributed by atoms with Crippen molar-refractivity contribution in [2.24, 2.45) is 0 Å². The SMILES string of the molecule is COc1ccc(C)cc1CNS(=O)(=O)c1ccc(C(=O)O)cc1. The minimum absolute atomic E-state index is 0.00844. The molecule has 6 nitrogen and oxygen atoms in total. The molecular weight excluding hydrogens is 318 g/mol. The largest absolute Gasteiger partial charge is 0.496 e. The van der Waals surface area contributed by atoms with Gasteiger partial charge in [0, 0.05) is 12.1 Å². The Balaban J connectivity index is 2.19. The summed E-state index contributed by atoms with van der Waals surface area (Å²) in [6.45, 7) is 1.98. The molecule has 0 saturated heterocycles. The summed E-state index contributed by atoms with van der Waals surface area (Å²) in [4.78, 5) is 10.8. The lowest BCUT2D eigenvalue weighted by atomic mass is 10.1. The molecule has 23 heavy (non-hydrogen) atoms. The van der Waals surface area contributed by atoms with Crippen molar-refractivity contribution < 1.29 is 23.1 Å². The van der Waals surface area contributed by atoms with Crippen LogP contribution in [0.1, 0.15) is 21.5 Å². The number of methoxy groups -OCH3 is 1. The number of sulfonamides is 1. The first kappa shape index (κ1) is 17.0. The number of hydrogen-bond acceptors (Lipinski definition) is 4. The molecule has 2 N–H and O–H groups in total. The van der Waals surface area contributed by atoms with Crippen molar-refractivity contribution in [2.75, 3.05) is 7.11 Å². The Labute approximate surface area is 134 Å². The Morgan fingerprint density at radius 1 is 1.17 bits per heavy atom. The highest BCUT2D eigenvalue weighted by Crippen LogP contribution is 2.20. The van der Waals surface area contributed by atoms with Gasteiger partial charge in [-0.15, -0.1) is 0 Å². The van der Waals surface area contributed by atoms with Crippen LogP contribution < -0.4 is 9.46 Å². The Morgan fingerprint density at radius 2 is 1.83 bits per heavy atom. The van der Waals surface area contributed by atoms with Crippen molar-refractivity contribution in [2.45, 2.75) is 18.4 Å². The van der Waals surface area contributed by atoms with Gasteiger partial charge >= 0.3 is 5.97 Å². The Hall–Kier alpha value is -2.38. The number of nitrogens with one attached hydrogen (secondary N) is 1. The van der Waals surface area contributed by atoms with Crippen LogP contribution in [0.2, 0.25) is 0 Å². The van der Waals surface area contributed by atoms with Crippen LogP contribution in [-0.4, -0.2) is 26.6 Å². The third-order valence-electron chi connectivity index (χ3n) is 3.30. The van der Waals surface area contributed by atoms with E-state index in [1.807, 2.05) is 19.1 Å². The summed E-state index contributed by atoms with van der Waals surface area (Å²) in [6.07, 6.45) is 0. The van der Waals surface area contributed by atoms with Gasteiger partial charge in [0.1, 0.15) is 5.75 Å². The minimum Gasteiger partial charge on any atom is -0.496 e. The van der Waals surface area contributed by atoms with Gasteiger partial charge in [-0.3, -0.25) is 0 Å². The highest BCUT2D eigenvalue weighted by molar-refractivity contribution is 7.89. The van der Waals surface area contributed by atoms with Crippen LogP contribution in [0.4, 0.5) is 0 Å². The van der Waals surface area contributed by atoms with Gasteiger partial charge in [-0.1, -0.05) is 17.7 Å². The zero-order chi connectivity index (χ0) is 17.0. The van der Waals surface area contributed by atoms with Gasteiger partial charge in [-0.25, -0.2) is 17.9 Å². The molecule has 0 fully saturated rings. The third kappa shape index (κ3) is 4.08. The topological polar surface area (TPSA) is 92.7 Å². The molecule has 0 unspecified atom stereocenters. The fourth-order valence-corrected chi connectivity index (χ4v) is 3.08. The van der Waals surface area contributed by atoms with Crippen LogP contribution in [0.3, 0.4) is 0 Å². The van der Waals surface area contributed by atoms with Gasteiger partial charge in [0.15, 0.2) is 0 Å². The van der Waals surface area contributed by atoms with Gasteiger partial charge in [-0.05, 0) is 37.3 Å². The summed E-state index contributed by atoms with van der Waals surface area (Å²) in [6, 6.07) is 10.5. The molecule has 7 heteroatoms. The summed E-state index contributed by atoms with van der Waals surface area (Å²) in [5.41, 5.74) is 1.74. The van der Waals surface area contributed by atoms with Crippen LogP contribution in [-0.2, 0) is 16.6 Å². The predicted octanol–water partition coefficient (Wildman–Crippen LogP) is 2.18. The van der Waals surface area contributed by atoms with E-state index in [1.54, 1.807) is 6.07 Å². The molecule has 2 aromatic rings. The van der Waals surface area contributed by atoms with E-state index in [2.05, 4.69) is 4.72 Å². The molecule has 2 aromatic carbocycles. The molecular formula is C16H17NO5S. The maximum Gasteiger partial charge on any atom is 0.335 e. The van der Waals surface area contributed by atoms with Gasteiger partial charge in [0.05, 0.1) is 17.6 Å². The highest BCUT2D eigenvalue weighted by Gasteiger charge is 2.15. The molecule has 0 aromatic heterocycles. The third-order valence-corrected chi connectivity index (χ3v) is 4.72. The zero-order valence-corrected chi connectivity index (χ0v) is 13.6. The van der Waals surface area contributed by atoms with Gasteiger partial charge < -0.3 is 9.84 Å². The molecule has 0 radical (unpaired) electrons. The maximum atomic E-state index is 12.3. The predicted molar refractivity (Wildman–Crippen MR) is 85.2 cm³/mol. The lowest BCUT2D eigenvalue weighted by Crippen LogP contribution is -2.23.